The summed E-state index contributed by atoms with van der Waals surface area (Å²) in [4.78, 5) is 17.8. The number of pyridine rings is 1. The third-order valence-corrected chi connectivity index (χ3v) is 5.97. The van der Waals surface area contributed by atoms with Crippen LogP contribution in [-0.2, 0) is 4.79 Å². The molecule has 0 spiro atoms. The van der Waals surface area contributed by atoms with Crippen LogP contribution in [0, 0.1) is 27.7 Å². The Kier molecular flexibility index (Phi) is 6.42. The maximum absolute atomic E-state index is 13.0. The third kappa shape index (κ3) is 4.81. The molecule has 0 radical (unpaired) electrons. The summed E-state index contributed by atoms with van der Waals surface area (Å²) in [6.07, 6.45) is -0.676. The van der Waals surface area contributed by atoms with E-state index in [1.54, 1.807) is 11.6 Å². The predicted molar refractivity (Wildman–Crippen MR) is 137 cm³/mol. The lowest BCUT2D eigenvalue weighted by Crippen LogP contribution is -2.31. The van der Waals surface area contributed by atoms with Gasteiger partial charge in [0.15, 0.2) is 11.9 Å². The second kappa shape index (κ2) is 9.29. The lowest BCUT2D eigenvalue weighted by molar-refractivity contribution is -0.122. The number of hydrogen-bond acceptors (Lipinski definition) is 4. The molecule has 0 saturated heterocycles. The van der Waals surface area contributed by atoms with Crippen molar-refractivity contribution in [2.75, 3.05) is 5.32 Å². The molecule has 1 amide bonds. The van der Waals surface area contributed by atoms with Crippen LogP contribution in [0.1, 0.15) is 54.6 Å². The Hall–Kier alpha value is -3.67. The Labute approximate surface area is 201 Å². The Balaban J connectivity index is 1.58. The van der Waals surface area contributed by atoms with Crippen LogP contribution >= 0.6 is 0 Å². The van der Waals surface area contributed by atoms with Crippen LogP contribution in [0.2, 0.25) is 0 Å². The van der Waals surface area contributed by atoms with Gasteiger partial charge in [-0.25, -0.2) is 4.98 Å². The van der Waals surface area contributed by atoms with E-state index in [1.807, 2.05) is 43.3 Å². The molecule has 6 nitrogen and oxygen atoms in total. The van der Waals surface area contributed by atoms with Gasteiger partial charge in [0.05, 0.1) is 11.2 Å². The number of nitrogens with zero attached hydrogens (tertiary/aromatic N) is 3. The van der Waals surface area contributed by atoms with E-state index < -0.39 is 6.10 Å². The van der Waals surface area contributed by atoms with Crippen molar-refractivity contribution in [3.8, 4) is 11.6 Å². The van der Waals surface area contributed by atoms with Crippen molar-refractivity contribution in [3.05, 3.63) is 76.5 Å². The van der Waals surface area contributed by atoms with E-state index >= 15 is 0 Å². The second-order valence-electron chi connectivity index (χ2n) is 9.33. The Morgan fingerprint density at radius 2 is 1.65 bits per heavy atom. The SMILES string of the molecule is Cc1cc(C)c2nc(-n3nc(C)cc3NC(=O)C(C)Oc3ccc(C(C)C)cc3)cc(C)c2c1. The minimum atomic E-state index is -0.676. The molecule has 2 aromatic heterocycles. The number of rotatable bonds is 6. The Bertz CT molecular complexity index is 1350. The molecular formula is C28H32N4O2. The summed E-state index contributed by atoms with van der Waals surface area (Å²) in [5.74, 6) is 2.08. The van der Waals surface area contributed by atoms with Crippen molar-refractivity contribution in [2.45, 2.75) is 60.5 Å². The van der Waals surface area contributed by atoms with E-state index in [9.17, 15) is 4.79 Å². The quantitative estimate of drug-likeness (QED) is 0.376. The normalized spacial score (nSPS) is 12.2. The van der Waals surface area contributed by atoms with Crippen molar-refractivity contribution >= 4 is 22.6 Å². The van der Waals surface area contributed by atoms with Gasteiger partial charge in [0, 0.05) is 11.5 Å². The molecule has 6 heteroatoms. The number of anilines is 1. The molecule has 0 fully saturated rings. The van der Waals surface area contributed by atoms with Gasteiger partial charge < -0.3 is 10.1 Å². The zero-order chi connectivity index (χ0) is 24.6. The molecule has 0 saturated carbocycles. The first-order valence-electron chi connectivity index (χ1n) is 11.7. The molecule has 4 aromatic rings. The molecule has 0 aliphatic rings. The number of fused-ring (bicyclic) bond motifs is 1. The molecule has 0 aliphatic heterocycles. The van der Waals surface area contributed by atoms with Crippen LogP contribution < -0.4 is 10.1 Å². The molecule has 0 aliphatic carbocycles. The Morgan fingerprint density at radius 1 is 0.941 bits per heavy atom. The van der Waals surface area contributed by atoms with E-state index in [2.05, 4.69) is 57.2 Å². The first-order chi connectivity index (χ1) is 16.1. The number of amides is 1. The van der Waals surface area contributed by atoms with Gasteiger partial charge in [-0.1, -0.05) is 37.6 Å². The highest BCUT2D eigenvalue weighted by atomic mass is 16.5. The van der Waals surface area contributed by atoms with Gasteiger partial charge in [0.1, 0.15) is 11.6 Å². The van der Waals surface area contributed by atoms with Crippen molar-refractivity contribution in [2.24, 2.45) is 0 Å². The standard InChI is InChI=1S/C28H32N4O2/c1-16(2)22-8-10-23(11-9-22)34-21(7)28(33)30-26-15-20(6)31-32(26)25-14-18(4)24-13-17(3)12-19(5)27(24)29-25/h8-16,21H,1-7H3,(H,30,33). The number of carbonyl (C=O) groups excluding carboxylic acids is 1. The number of carbonyl (C=O) groups is 1. The second-order valence-corrected chi connectivity index (χ2v) is 9.33. The summed E-state index contributed by atoms with van der Waals surface area (Å²) in [5.41, 5.74) is 6.38. The van der Waals surface area contributed by atoms with Crippen LogP contribution in [0.25, 0.3) is 16.7 Å². The molecule has 34 heavy (non-hydrogen) atoms. The lowest BCUT2D eigenvalue weighted by atomic mass is 10.0. The van der Waals surface area contributed by atoms with Crippen LogP contribution in [0.3, 0.4) is 0 Å². The molecule has 2 heterocycles. The number of aromatic nitrogens is 3. The molecule has 1 unspecified atom stereocenters. The van der Waals surface area contributed by atoms with Gasteiger partial charge >= 0.3 is 0 Å². The molecule has 2 aromatic carbocycles. The minimum Gasteiger partial charge on any atom is -0.481 e. The van der Waals surface area contributed by atoms with Gasteiger partial charge in [-0.2, -0.15) is 9.78 Å². The van der Waals surface area contributed by atoms with Crippen molar-refractivity contribution in [1.29, 1.82) is 0 Å². The van der Waals surface area contributed by atoms with E-state index in [1.165, 1.54) is 11.1 Å². The van der Waals surface area contributed by atoms with Crippen LogP contribution in [0.4, 0.5) is 5.82 Å². The first kappa shape index (κ1) is 23.5. The molecular weight excluding hydrogens is 424 g/mol. The number of nitrogens with one attached hydrogen (secondary N) is 1. The van der Waals surface area contributed by atoms with E-state index in [0.29, 0.717) is 23.3 Å². The average molecular weight is 457 g/mol. The molecule has 4 rings (SSSR count). The van der Waals surface area contributed by atoms with Gasteiger partial charge in [-0.3, -0.25) is 4.79 Å². The summed E-state index contributed by atoms with van der Waals surface area (Å²) < 4.78 is 7.57. The van der Waals surface area contributed by atoms with Gasteiger partial charge in [-0.05, 0) is 81.5 Å². The minimum absolute atomic E-state index is 0.251. The van der Waals surface area contributed by atoms with Crippen LogP contribution in [0.5, 0.6) is 5.75 Å². The molecule has 176 valence electrons. The summed E-state index contributed by atoms with van der Waals surface area (Å²) in [6, 6.07) is 16.0. The van der Waals surface area contributed by atoms with Gasteiger partial charge in [0.2, 0.25) is 0 Å². The zero-order valence-corrected chi connectivity index (χ0v) is 20.9. The van der Waals surface area contributed by atoms with Crippen LogP contribution in [-0.4, -0.2) is 26.8 Å². The number of aryl methyl sites for hydroxylation is 4. The smallest absolute Gasteiger partial charge is 0.266 e. The average Bonchev–Trinajstić information content (AvgIpc) is 3.14. The van der Waals surface area contributed by atoms with Gasteiger partial charge in [-0.15, -0.1) is 0 Å². The highest BCUT2D eigenvalue weighted by Gasteiger charge is 2.19. The largest absolute Gasteiger partial charge is 0.481 e. The predicted octanol–water partition coefficient (Wildman–Crippen LogP) is 6.18. The van der Waals surface area contributed by atoms with E-state index in [4.69, 9.17) is 9.72 Å². The lowest BCUT2D eigenvalue weighted by Gasteiger charge is -2.16. The van der Waals surface area contributed by atoms with Crippen LogP contribution in [0.15, 0.2) is 48.5 Å². The number of ether oxygens (including phenoxy) is 1. The van der Waals surface area contributed by atoms with Gasteiger partial charge in [0.25, 0.3) is 5.91 Å². The number of hydrogen-bond donors (Lipinski definition) is 1. The fraction of sp³-hybridized carbons (Fsp3) is 0.321. The summed E-state index contributed by atoms with van der Waals surface area (Å²) in [7, 11) is 0. The monoisotopic (exact) mass is 456 g/mol. The number of benzene rings is 2. The fourth-order valence-electron chi connectivity index (χ4n) is 4.12. The van der Waals surface area contributed by atoms with E-state index in [-0.39, 0.29) is 5.91 Å². The Morgan fingerprint density at radius 3 is 2.32 bits per heavy atom. The van der Waals surface area contributed by atoms with Crippen molar-refractivity contribution in [3.63, 3.8) is 0 Å². The maximum Gasteiger partial charge on any atom is 0.266 e. The molecule has 1 atom stereocenters. The van der Waals surface area contributed by atoms with Crippen molar-refractivity contribution in [1.82, 2.24) is 14.8 Å². The highest BCUT2D eigenvalue weighted by molar-refractivity contribution is 5.94. The van der Waals surface area contributed by atoms with Crippen molar-refractivity contribution < 1.29 is 9.53 Å². The summed E-state index contributed by atoms with van der Waals surface area (Å²) in [6.45, 7) is 14.1. The first-order valence-corrected chi connectivity index (χ1v) is 11.7. The molecule has 0 bridgehead atoms. The summed E-state index contributed by atoms with van der Waals surface area (Å²) in [5, 5.41) is 8.69. The topological polar surface area (TPSA) is 69.0 Å². The maximum atomic E-state index is 13.0. The highest BCUT2D eigenvalue weighted by Crippen LogP contribution is 2.26. The molecule has 1 N–H and O–H groups in total. The fourth-order valence-corrected chi connectivity index (χ4v) is 4.12. The third-order valence-electron chi connectivity index (χ3n) is 5.97. The van der Waals surface area contributed by atoms with E-state index in [0.717, 1.165) is 27.7 Å². The summed E-state index contributed by atoms with van der Waals surface area (Å²) >= 11 is 0. The zero-order valence-electron chi connectivity index (χ0n) is 20.9.